The molecule has 6 heteroatoms. The molecule has 0 unspecified atom stereocenters. The van der Waals surface area contributed by atoms with E-state index in [0.29, 0.717) is 18.0 Å². The van der Waals surface area contributed by atoms with Gasteiger partial charge in [0.05, 0.1) is 30.6 Å². The van der Waals surface area contributed by atoms with E-state index < -0.39 is 0 Å². The summed E-state index contributed by atoms with van der Waals surface area (Å²) in [7, 11) is 1.60. The molecule has 0 atom stereocenters. The number of imidazole rings is 1. The van der Waals surface area contributed by atoms with Crippen molar-refractivity contribution < 1.29 is 14.3 Å². The maximum atomic E-state index is 12.1. The summed E-state index contributed by atoms with van der Waals surface area (Å²) in [5.74, 6) is 1.21. The van der Waals surface area contributed by atoms with Gasteiger partial charge in [-0.3, -0.25) is 4.79 Å². The number of methoxy groups -OCH3 is 1. The van der Waals surface area contributed by atoms with Crippen molar-refractivity contribution in [2.75, 3.05) is 13.7 Å². The van der Waals surface area contributed by atoms with Crippen molar-refractivity contribution in [2.24, 2.45) is 0 Å². The number of carbonyl (C=O) groups excluding carboxylic acids is 1. The van der Waals surface area contributed by atoms with Gasteiger partial charge in [0, 0.05) is 19.2 Å². The Kier molecular flexibility index (Phi) is 6.89. The third-order valence-electron chi connectivity index (χ3n) is 4.38. The number of para-hydroxylation sites is 2. The highest BCUT2D eigenvalue weighted by Gasteiger charge is 2.07. The topological polar surface area (TPSA) is 65.4 Å². The van der Waals surface area contributed by atoms with Crippen molar-refractivity contribution in [2.45, 2.75) is 32.9 Å². The highest BCUT2D eigenvalue weighted by atomic mass is 16.5. The lowest BCUT2D eigenvalue weighted by atomic mass is 10.2. The molecule has 6 nitrogen and oxygen atoms in total. The number of nitrogens with one attached hydrogen (secondary N) is 1. The lowest BCUT2D eigenvalue weighted by molar-refractivity contribution is -0.116. The molecule has 1 heterocycles. The van der Waals surface area contributed by atoms with Crippen molar-refractivity contribution in [1.82, 2.24) is 14.9 Å². The SMILES string of the molecule is COc1cc(/C=C/C(=O)NCCCn2cnc3ccccc32)ccc1OC(C)C. The Hall–Kier alpha value is -3.28. The normalized spacial score (nSPS) is 11.3. The highest BCUT2D eigenvalue weighted by molar-refractivity contribution is 5.91. The van der Waals surface area contributed by atoms with Crippen LogP contribution < -0.4 is 14.8 Å². The van der Waals surface area contributed by atoms with Crippen LogP contribution in [-0.2, 0) is 11.3 Å². The van der Waals surface area contributed by atoms with Gasteiger partial charge < -0.3 is 19.4 Å². The van der Waals surface area contributed by atoms with Crippen LogP contribution in [0.15, 0.2) is 54.9 Å². The van der Waals surface area contributed by atoms with Gasteiger partial charge in [-0.25, -0.2) is 4.98 Å². The van der Waals surface area contributed by atoms with E-state index in [-0.39, 0.29) is 12.0 Å². The van der Waals surface area contributed by atoms with E-state index in [1.165, 1.54) is 6.08 Å². The third-order valence-corrected chi connectivity index (χ3v) is 4.38. The number of ether oxygens (including phenoxy) is 2. The van der Waals surface area contributed by atoms with Gasteiger partial charge in [-0.2, -0.15) is 0 Å². The molecule has 0 saturated carbocycles. The second-order valence-corrected chi connectivity index (χ2v) is 6.98. The number of amides is 1. The van der Waals surface area contributed by atoms with Gasteiger partial charge in [0.15, 0.2) is 11.5 Å². The zero-order valence-electron chi connectivity index (χ0n) is 17.1. The number of rotatable bonds is 9. The van der Waals surface area contributed by atoms with E-state index in [9.17, 15) is 4.79 Å². The molecule has 3 aromatic rings. The first kappa shape index (κ1) is 20.5. The molecule has 2 aromatic carbocycles. The summed E-state index contributed by atoms with van der Waals surface area (Å²) in [6.07, 6.45) is 6.03. The summed E-state index contributed by atoms with van der Waals surface area (Å²) in [5.41, 5.74) is 2.97. The molecule has 0 bridgehead atoms. The number of fused-ring (bicyclic) bond motifs is 1. The smallest absolute Gasteiger partial charge is 0.244 e. The fourth-order valence-corrected chi connectivity index (χ4v) is 3.02. The maximum absolute atomic E-state index is 12.1. The van der Waals surface area contributed by atoms with Gasteiger partial charge in [-0.1, -0.05) is 18.2 Å². The van der Waals surface area contributed by atoms with Crippen LogP contribution in [0.2, 0.25) is 0 Å². The Balaban J connectivity index is 1.48. The predicted molar refractivity (Wildman–Crippen MR) is 115 cm³/mol. The molecular weight excluding hydrogens is 366 g/mol. The number of aryl methyl sites for hydroxylation is 1. The van der Waals surface area contributed by atoms with E-state index in [1.54, 1.807) is 13.2 Å². The molecule has 0 saturated heterocycles. The van der Waals surface area contributed by atoms with Crippen molar-refractivity contribution in [3.63, 3.8) is 0 Å². The van der Waals surface area contributed by atoms with Crippen LogP contribution in [0.1, 0.15) is 25.8 Å². The minimum absolute atomic E-state index is 0.0661. The molecule has 0 aliphatic rings. The maximum Gasteiger partial charge on any atom is 0.244 e. The number of nitrogens with zero attached hydrogens (tertiary/aromatic N) is 2. The van der Waals surface area contributed by atoms with Crippen molar-refractivity contribution >= 4 is 23.0 Å². The van der Waals surface area contributed by atoms with Crippen LogP contribution >= 0.6 is 0 Å². The average molecular weight is 393 g/mol. The second kappa shape index (κ2) is 9.78. The molecule has 0 fully saturated rings. The number of carbonyl (C=O) groups is 1. The van der Waals surface area contributed by atoms with Crippen molar-refractivity contribution in [1.29, 1.82) is 0 Å². The fourth-order valence-electron chi connectivity index (χ4n) is 3.02. The summed E-state index contributed by atoms with van der Waals surface area (Å²) in [6.45, 7) is 5.33. The molecule has 3 rings (SSSR count). The predicted octanol–water partition coefficient (Wildman–Crippen LogP) is 4.05. The lowest BCUT2D eigenvalue weighted by Gasteiger charge is -2.13. The zero-order chi connectivity index (χ0) is 20.6. The van der Waals surface area contributed by atoms with Crippen LogP contribution in [-0.4, -0.2) is 35.2 Å². The number of aromatic nitrogens is 2. The van der Waals surface area contributed by atoms with Gasteiger partial charge in [0.1, 0.15) is 0 Å². The molecule has 1 N–H and O–H groups in total. The van der Waals surface area contributed by atoms with Crippen LogP contribution in [0, 0.1) is 0 Å². The lowest BCUT2D eigenvalue weighted by Crippen LogP contribution is -2.23. The van der Waals surface area contributed by atoms with E-state index >= 15 is 0 Å². The summed E-state index contributed by atoms with van der Waals surface area (Å²) in [4.78, 5) is 16.5. The Morgan fingerprint density at radius 1 is 1.21 bits per heavy atom. The Bertz CT molecular complexity index is 992. The van der Waals surface area contributed by atoms with Gasteiger partial charge in [-0.05, 0) is 56.2 Å². The summed E-state index contributed by atoms with van der Waals surface area (Å²) >= 11 is 0. The van der Waals surface area contributed by atoms with Crippen LogP contribution in [0.3, 0.4) is 0 Å². The largest absolute Gasteiger partial charge is 0.493 e. The third kappa shape index (κ3) is 5.60. The van der Waals surface area contributed by atoms with Crippen molar-refractivity contribution in [3.8, 4) is 11.5 Å². The van der Waals surface area contributed by atoms with E-state index in [4.69, 9.17) is 9.47 Å². The van der Waals surface area contributed by atoms with Crippen molar-refractivity contribution in [3.05, 3.63) is 60.4 Å². The van der Waals surface area contributed by atoms with Crippen LogP contribution in [0.4, 0.5) is 0 Å². The molecule has 0 aliphatic carbocycles. The Labute approximate surface area is 171 Å². The number of hydrogen-bond acceptors (Lipinski definition) is 4. The molecule has 1 aromatic heterocycles. The van der Waals surface area contributed by atoms with E-state index in [1.807, 2.05) is 56.6 Å². The van der Waals surface area contributed by atoms with E-state index in [0.717, 1.165) is 29.6 Å². The second-order valence-electron chi connectivity index (χ2n) is 6.98. The molecule has 1 amide bonds. The minimum atomic E-state index is -0.123. The minimum Gasteiger partial charge on any atom is -0.493 e. The zero-order valence-corrected chi connectivity index (χ0v) is 17.1. The Morgan fingerprint density at radius 3 is 2.83 bits per heavy atom. The average Bonchev–Trinajstić information content (AvgIpc) is 3.13. The monoisotopic (exact) mass is 393 g/mol. The summed E-state index contributed by atoms with van der Waals surface area (Å²) in [6, 6.07) is 13.6. The van der Waals surface area contributed by atoms with Crippen LogP contribution in [0.5, 0.6) is 11.5 Å². The quantitative estimate of drug-likeness (QED) is 0.440. The highest BCUT2D eigenvalue weighted by Crippen LogP contribution is 2.29. The molecular formula is C23H27N3O3. The molecule has 0 aliphatic heterocycles. The van der Waals surface area contributed by atoms with Gasteiger partial charge in [0.2, 0.25) is 5.91 Å². The summed E-state index contributed by atoms with van der Waals surface area (Å²) in [5, 5.41) is 2.91. The summed E-state index contributed by atoms with van der Waals surface area (Å²) < 4.78 is 13.2. The van der Waals surface area contributed by atoms with Gasteiger partial charge >= 0.3 is 0 Å². The number of hydrogen-bond donors (Lipinski definition) is 1. The molecule has 152 valence electrons. The van der Waals surface area contributed by atoms with Crippen LogP contribution in [0.25, 0.3) is 17.1 Å². The first-order valence-corrected chi connectivity index (χ1v) is 9.77. The molecule has 0 spiro atoms. The van der Waals surface area contributed by atoms with E-state index in [2.05, 4.69) is 20.9 Å². The molecule has 29 heavy (non-hydrogen) atoms. The standard InChI is InChI=1S/C23H27N3O3/c1-17(2)29-21-11-9-18(15-22(21)28-3)10-12-23(27)24-13-6-14-26-16-25-19-7-4-5-8-20(19)26/h4-5,7-12,15-17H,6,13-14H2,1-3H3,(H,24,27)/b12-10+. The number of benzene rings is 2. The first-order chi connectivity index (χ1) is 14.1. The first-order valence-electron chi connectivity index (χ1n) is 9.77. The fraction of sp³-hybridized carbons (Fsp3) is 0.304. The van der Waals surface area contributed by atoms with Gasteiger partial charge in [-0.15, -0.1) is 0 Å². The van der Waals surface area contributed by atoms with Gasteiger partial charge in [0.25, 0.3) is 0 Å². The Morgan fingerprint density at radius 2 is 2.03 bits per heavy atom. The molecule has 0 radical (unpaired) electrons.